The summed E-state index contributed by atoms with van der Waals surface area (Å²) in [5, 5.41) is 0. The Bertz CT molecular complexity index is 851. The lowest BCUT2D eigenvalue weighted by atomic mass is 10.1. The average molecular weight is 382 g/mol. The van der Waals surface area contributed by atoms with Crippen LogP contribution in [0.5, 0.6) is 0 Å². The molecule has 1 saturated heterocycles. The minimum Gasteiger partial charge on any atom is -0.341 e. The first-order chi connectivity index (χ1) is 12.4. The summed E-state index contributed by atoms with van der Waals surface area (Å²) in [6.07, 6.45) is 4.97. The van der Waals surface area contributed by atoms with Crippen LogP contribution in [0.2, 0.25) is 0 Å². The molecule has 0 aliphatic carbocycles. The van der Waals surface area contributed by atoms with Gasteiger partial charge in [0.1, 0.15) is 11.6 Å². The molecule has 2 heterocycles. The van der Waals surface area contributed by atoms with Gasteiger partial charge >= 0.3 is 0 Å². The highest BCUT2D eigenvalue weighted by Crippen LogP contribution is 2.16. The van der Waals surface area contributed by atoms with E-state index in [2.05, 4.69) is 19.6 Å². The maximum atomic E-state index is 13.2. The molecule has 6 nitrogen and oxygen atoms in total. The monoisotopic (exact) mass is 382 g/mol. The minimum absolute atomic E-state index is 0.0104. The van der Waals surface area contributed by atoms with Gasteiger partial charge in [0.25, 0.3) is 0 Å². The van der Waals surface area contributed by atoms with Gasteiger partial charge in [-0.25, -0.2) is 31.9 Å². The molecule has 0 spiro atoms. The zero-order chi connectivity index (χ0) is 18.6. The van der Waals surface area contributed by atoms with Crippen molar-refractivity contribution in [3.8, 4) is 0 Å². The summed E-state index contributed by atoms with van der Waals surface area (Å²) < 4.78 is 53.2. The van der Waals surface area contributed by atoms with Crippen molar-refractivity contribution < 1.29 is 17.2 Å². The Kier molecular flexibility index (Phi) is 5.77. The van der Waals surface area contributed by atoms with Crippen molar-refractivity contribution in [3.05, 3.63) is 53.4 Å². The number of hydrogen-bond acceptors (Lipinski definition) is 5. The van der Waals surface area contributed by atoms with Gasteiger partial charge in [-0.3, -0.25) is 0 Å². The number of nitrogens with zero attached hydrogens (tertiary/aromatic N) is 3. The van der Waals surface area contributed by atoms with Gasteiger partial charge in [-0.2, -0.15) is 0 Å². The lowest BCUT2D eigenvalue weighted by Gasteiger charge is -2.26. The van der Waals surface area contributed by atoms with Gasteiger partial charge in [0, 0.05) is 25.4 Å². The maximum Gasteiger partial charge on any atom is 0.225 e. The zero-order valence-corrected chi connectivity index (χ0v) is 15.0. The number of piperidine rings is 1. The normalized spacial score (nSPS) is 15.2. The van der Waals surface area contributed by atoms with Crippen LogP contribution in [0, 0.1) is 11.6 Å². The summed E-state index contributed by atoms with van der Waals surface area (Å²) in [5.74, 6) is -1.53. The average Bonchev–Trinajstić information content (AvgIpc) is 2.60. The standard InChI is InChI=1S/C17H20F2N4O2S/c18-14-8-13(9-15(19)10-14)12-26(24,25)21-11-16-4-5-20-17(22-16)23-6-2-1-3-7-23/h4-5,8-10,21H,1-3,6-7,11-12H2. The van der Waals surface area contributed by atoms with E-state index < -0.39 is 27.4 Å². The summed E-state index contributed by atoms with van der Waals surface area (Å²) in [7, 11) is -3.76. The van der Waals surface area contributed by atoms with Crippen molar-refractivity contribution in [2.24, 2.45) is 0 Å². The summed E-state index contributed by atoms with van der Waals surface area (Å²) in [6.45, 7) is 1.77. The molecule has 0 radical (unpaired) electrons. The largest absolute Gasteiger partial charge is 0.341 e. The maximum absolute atomic E-state index is 13.2. The topological polar surface area (TPSA) is 75.2 Å². The fourth-order valence-electron chi connectivity index (χ4n) is 2.88. The SMILES string of the molecule is O=S(=O)(Cc1cc(F)cc(F)c1)NCc1ccnc(N2CCCCC2)n1. The number of hydrogen-bond donors (Lipinski definition) is 1. The minimum atomic E-state index is -3.76. The van der Waals surface area contributed by atoms with Crippen molar-refractivity contribution in [1.82, 2.24) is 14.7 Å². The van der Waals surface area contributed by atoms with Crippen LogP contribution in [0.25, 0.3) is 0 Å². The number of aromatic nitrogens is 2. The van der Waals surface area contributed by atoms with Gasteiger partial charge in [0.2, 0.25) is 16.0 Å². The number of halogens is 2. The van der Waals surface area contributed by atoms with Crippen LogP contribution in [0.15, 0.2) is 30.5 Å². The third-order valence-corrected chi connectivity index (χ3v) is 5.39. The second-order valence-electron chi connectivity index (χ2n) is 6.25. The van der Waals surface area contributed by atoms with Crippen LogP contribution in [-0.2, 0) is 22.3 Å². The van der Waals surface area contributed by atoms with Gasteiger partial charge in [-0.1, -0.05) is 0 Å². The van der Waals surface area contributed by atoms with Crippen LogP contribution in [-0.4, -0.2) is 31.5 Å². The molecule has 0 bridgehead atoms. The van der Waals surface area contributed by atoms with E-state index in [1.165, 1.54) is 6.42 Å². The van der Waals surface area contributed by atoms with E-state index in [1.54, 1.807) is 12.3 Å². The van der Waals surface area contributed by atoms with Gasteiger partial charge < -0.3 is 4.90 Å². The molecule has 26 heavy (non-hydrogen) atoms. The third kappa shape index (κ3) is 5.18. The highest BCUT2D eigenvalue weighted by molar-refractivity contribution is 7.88. The quantitative estimate of drug-likeness (QED) is 0.830. The first-order valence-corrected chi connectivity index (χ1v) is 10.1. The Hall–Kier alpha value is -2.13. The van der Waals surface area contributed by atoms with E-state index in [0.717, 1.165) is 38.1 Å². The number of anilines is 1. The molecule has 1 N–H and O–H groups in total. The molecular formula is C17H20F2N4O2S. The van der Waals surface area contributed by atoms with Crippen molar-refractivity contribution in [2.75, 3.05) is 18.0 Å². The Balaban J connectivity index is 1.64. The number of benzene rings is 1. The van der Waals surface area contributed by atoms with E-state index in [-0.39, 0.29) is 12.1 Å². The van der Waals surface area contributed by atoms with Gasteiger partial charge in [0.15, 0.2) is 0 Å². The molecule has 1 aliphatic rings. The summed E-state index contributed by atoms with van der Waals surface area (Å²) >= 11 is 0. The van der Waals surface area contributed by atoms with Crippen LogP contribution >= 0.6 is 0 Å². The molecule has 0 saturated carbocycles. The molecule has 2 aromatic rings. The van der Waals surface area contributed by atoms with E-state index in [1.807, 2.05) is 0 Å². The molecule has 0 atom stereocenters. The Morgan fingerprint density at radius 2 is 1.77 bits per heavy atom. The van der Waals surface area contributed by atoms with E-state index in [4.69, 9.17) is 0 Å². The van der Waals surface area contributed by atoms with Crippen molar-refractivity contribution in [1.29, 1.82) is 0 Å². The number of nitrogens with one attached hydrogen (secondary N) is 1. The number of sulfonamides is 1. The fraction of sp³-hybridized carbons (Fsp3) is 0.412. The predicted molar refractivity (Wildman–Crippen MR) is 93.9 cm³/mol. The summed E-state index contributed by atoms with van der Waals surface area (Å²) in [6, 6.07) is 4.34. The molecule has 3 rings (SSSR count). The van der Waals surface area contributed by atoms with Crippen LogP contribution in [0.4, 0.5) is 14.7 Å². The molecule has 1 aromatic heterocycles. The first kappa shape index (κ1) is 18.7. The van der Waals surface area contributed by atoms with Crippen LogP contribution in [0.3, 0.4) is 0 Å². The van der Waals surface area contributed by atoms with Crippen molar-refractivity contribution in [2.45, 2.75) is 31.6 Å². The molecule has 1 aromatic carbocycles. The van der Waals surface area contributed by atoms with E-state index >= 15 is 0 Å². The second kappa shape index (κ2) is 8.05. The number of rotatable bonds is 6. The van der Waals surface area contributed by atoms with Crippen LogP contribution in [0.1, 0.15) is 30.5 Å². The Labute approximate surface area is 151 Å². The third-order valence-electron chi connectivity index (χ3n) is 4.09. The van der Waals surface area contributed by atoms with Gasteiger partial charge in [-0.05, 0) is 43.0 Å². The second-order valence-corrected chi connectivity index (χ2v) is 8.06. The molecule has 1 aliphatic heterocycles. The predicted octanol–water partition coefficient (Wildman–Crippen LogP) is 2.36. The smallest absolute Gasteiger partial charge is 0.225 e. The molecule has 9 heteroatoms. The molecule has 140 valence electrons. The molecule has 1 fully saturated rings. The van der Waals surface area contributed by atoms with E-state index in [9.17, 15) is 17.2 Å². The highest BCUT2D eigenvalue weighted by atomic mass is 32.2. The Morgan fingerprint density at radius 3 is 2.46 bits per heavy atom. The first-order valence-electron chi connectivity index (χ1n) is 8.40. The Morgan fingerprint density at radius 1 is 1.08 bits per heavy atom. The van der Waals surface area contributed by atoms with Crippen LogP contribution < -0.4 is 9.62 Å². The van der Waals surface area contributed by atoms with E-state index in [0.29, 0.717) is 17.7 Å². The zero-order valence-electron chi connectivity index (χ0n) is 14.2. The van der Waals surface area contributed by atoms with Gasteiger partial charge in [0.05, 0.1) is 18.0 Å². The lowest BCUT2D eigenvalue weighted by molar-refractivity contribution is 0.565. The summed E-state index contributed by atoms with van der Waals surface area (Å²) in [4.78, 5) is 10.7. The van der Waals surface area contributed by atoms with Gasteiger partial charge in [-0.15, -0.1) is 0 Å². The lowest BCUT2D eigenvalue weighted by Crippen LogP contribution is -2.31. The molecular weight excluding hydrogens is 362 g/mol. The fourth-order valence-corrected chi connectivity index (χ4v) is 3.95. The van der Waals surface area contributed by atoms with Crippen molar-refractivity contribution >= 4 is 16.0 Å². The summed E-state index contributed by atoms with van der Waals surface area (Å²) in [5.41, 5.74) is 0.585. The molecule has 0 unspecified atom stereocenters. The molecule has 0 amide bonds. The highest BCUT2D eigenvalue weighted by Gasteiger charge is 2.16. The van der Waals surface area contributed by atoms with Crippen molar-refractivity contribution in [3.63, 3.8) is 0 Å².